The number of carbonyl (C=O) groups is 1. The van der Waals surface area contributed by atoms with E-state index in [1.807, 2.05) is 0 Å². The van der Waals surface area contributed by atoms with Gasteiger partial charge in [-0.05, 0) is 31.4 Å². The molecule has 2 aromatic rings. The molecule has 1 saturated carbocycles. The SMILES string of the molecule is C=CCCC(=O)NCCn1nc(-c2ccco2)n(C2CC2)c1=O. The second-order valence-electron chi connectivity index (χ2n) is 5.59. The highest BCUT2D eigenvalue weighted by molar-refractivity contribution is 5.75. The Morgan fingerprint density at radius 2 is 2.35 bits per heavy atom. The van der Waals surface area contributed by atoms with Crippen molar-refractivity contribution in [2.45, 2.75) is 38.3 Å². The minimum absolute atomic E-state index is 0.0502. The molecule has 2 heterocycles. The van der Waals surface area contributed by atoms with E-state index in [-0.39, 0.29) is 17.6 Å². The molecule has 0 saturated heterocycles. The van der Waals surface area contributed by atoms with E-state index >= 15 is 0 Å². The number of carbonyl (C=O) groups excluding carboxylic acids is 1. The van der Waals surface area contributed by atoms with E-state index in [0.717, 1.165) is 12.8 Å². The number of allylic oxidation sites excluding steroid dienone is 1. The van der Waals surface area contributed by atoms with E-state index in [1.54, 1.807) is 29.0 Å². The summed E-state index contributed by atoms with van der Waals surface area (Å²) in [5.41, 5.74) is -0.153. The van der Waals surface area contributed by atoms with Crippen LogP contribution in [-0.2, 0) is 11.3 Å². The molecule has 0 spiro atoms. The summed E-state index contributed by atoms with van der Waals surface area (Å²) in [5, 5.41) is 7.16. The first-order chi connectivity index (χ1) is 11.2. The molecule has 23 heavy (non-hydrogen) atoms. The van der Waals surface area contributed by atoms with Gasteiger partial charge in [-0.15, -0.1) is 11.7 Å². The molecule has 0 aromatic carbocycles. The van der Waals surface area contributed by atoms with Crippen LogP contribution in [0.3, 0.4) is 0 Å². The Kier molecular flexibility index (Phi) is 4.45. The monoisotopic (exact) mass is 316 g/mol. The summed E-state index contributed by atoms with van der Waals surface area (Å²) in [4.78, 5) is 24.1. The van der Waals surface area contributed by atoms with Crippen molar-refractivity contribution < 1.29 is 9.21 Å². The number of rotatable bonds is 8. The van der Waals surface area contributed by atoms with Gasteiger partial charge in [0.25, 0.3) is 0 Å². The zero-order valence-electron chi connectivity index (χ0n) is 12.9. The molecule has 1 amide bonds. The minimum Gasteiger partial charge on any atom is -0.461 e. The van der Waals surface area contributed by atoms with Crippen molar-refractivity contribution in [1.29, 1.82) is 0 Å². The molecule has 0 aliphatic heterocycles. The van der Waals surface area contributed by atoms with Gasteiger partial charge < -0.3 is 9.73 Å². The lowest BCUT2D eigenvalue weighted by Crippen LogP contribution is -2.32. The van der Waals surface area contributed by atoms with Crippen LogP contribution in [0, 0.1) is 0 Å². The first-order valence-electron chi connectivity index (χ1n) is 7.81. The molecule has 3 rings (SSSR count). The van der Waals surface area contributed by atoms with E-state index < -0.39 is 0 Å². The lowest BCUT2D eigenvalue weighted by Gasteiger charge is -2.03. The van der Waals surface area contributed by atoms with Gasteiger partial charge in [-0.1, -0.05) is 6.08 Å². The average Bonchev–Trinajstić information content (AvgIpc) is 3.12. The van der Waals surface area contributed by atoms with Crippen molar-refractivity contribution in [1.82, 2.24) is 19.7 Å². The third kappa shape index (κ3) is 3.44. The smallest absolute Gasteiger partial charge is 0.346 e. The Morgan fingerprint density at radius 3 is 3.00 bits per heavy atom. The van der Waals surface area contributed by atoms with E-state index in [4.69, 9.17) is 4.42 Å². The van der Waals surface area contributed by atoms with Gasteiger partial charge in [0.1, 0.15) is 0 Å². The lowest BCUT2D eigenvalue weighted by atomic mass is 10.3. The molecule has 2 aromatic heterocycles. The number of furan rings is 1. The summed E-state index contributed by atoms with van der Waals surface area (Å²) in [5.74, 6) is 1.09. The third-order valence-electron chi connectivity index (χ3n) is 3.75. The summed E-state index contributed by atoms with van der Waals surface area (Å²) in [6.45, 7) is 4.29. The Hall–Kier alpha value is -2.57. The number of nitrogens with one attached hydrogen (secondary N) is 1. The molecule has 1 aliphatic rings. The van der Waals surface area contributed by atoms with Crippen molar-refractivity contribution >= 4 is 5.91 Å². The number of amides is 1. The maximum absolute atomic E-state index is 12.5. The average molecular weight is 316 g/mol. The van der Waals surface area contributed by atoms with Crippen LogP contribution in [0.5, 0.6) is 0 Å². The van der Waals surface area contributed by atoms with Crippen LogP contribution in [0.1, 0.15) is 31.7 Å². The standard InChI is InChI=1S/C16H20N4O3/c1-2-3-6-14(21)17-9-10-19-16(22)20(12-7-8-12)15(18-19)13-5-4-11-23-13/h2,4-5,11-12H,1,3,6-10H2,(H,17,21). The van der Waals surface area contributed by atoms with Crippen LogP contribution in [0.15, 0.2) is 40.3 Å². The van der Waals surface area contributed by atoms with Crippen LogP contribution in [0.4, 0.5) is 0 Å². The van der Waals surface area contributed by atoms with Gasteiger partial charge in [0.05, 0.1) is 12.8 Å². The molecule has 0 unspecified atom stereocenters. The molecule has 7 heteroatoms. The van der Waals surface area contributed by atoms with Crippen LogP contribution >= 0.6 is 0 Å². The number of nitrogens with zero attached hydrogens (tertiary/aromatic N) is 3. The van der Waals surface area contributed by atoms with Gasteiger partial charge >= 0.3 is 5.69 Å². The Morgan fingerprint density at radius 1 is 1.52 bits per heavy atom. The molecule has 0 atom stereocenters. The maximum Gasteiger partial charge on any atom is 0.346 e. The Bertz CT molecular complexity index is 738. The third-order valence-corrected chi connectivity index (χ3v) is 3.75. The van der Waals surface area contributed by atoms with Gasteiger partial charge in [-0.2, -0.15) is 0 Å². The fourth-order valence-corrected chi connectivity index (χ4v) is 2.42. The summed E-state index contributed by atoms with van der Waals surface area (Å²) < 4.78 is 8.46. The van der Waals surface area contributed by atoms with Gasteiger partial charge in [-0.3, -0.25) is 9.36 Å². The number of aromatic nitrogens is 3. The van der Waals surface area contributed by atoms with Gasteiger partial charge in [0.2, 0.25) is 11.7 Å². The van der Waals surface area contributed by atoms with Gasteiger partial charge in [-0.25, -0.2) is 9.48 Å². The van der Waals surface area contributed by atoms with Crippen LogP contribution in [-0.4, -0.2) is 26.8 Å². The van der Waals surface area contributed by atoms with Crippen LogP contribution in [0.25, 0.3) is 11.6 Å². The van der Waals surface area contributed by atoms with Gasteiger partial charge in [0, 0.05) is 19.0 Å². The Labute approximate surface area is 133 Å². The normalized spacial score (nSPS) is 13.9. The molecule has 1 fully saturated rings. The quantitative estimate of drug-likeness (QED) is 0.752. The van der Waals surface area contributed by atoms with Crippen molar-refractivity contribution in [2.24, 2.45) is 0 Å². The summed E-state index contributed by atoms with van der Waals surface area (Å²) in [7, 11) is 0. The van der Waals surface area contributed by atoms with Gasteiger partial charge in [0.15, 0.2) is 5.76 Å². The second-order valence-corrected chi connectivity index (χ2v) is 5.59. The molecule has 1 N–H and O–H groups in total. The summed E-state index contributed by atoms with van der Waals surface area (Å²) >= 11 is 0. The zero-order valence-corrected chi connectivity index (χ0v) is 12.9. The topological polar surface area (TPSA) is 82.1 Å². The van der Waals surface area contributed by atoms with Crippen molar-refractivity contribution in [3.63, 3.8) is 0 Å². The fraction of sp³-hybridized carbons (Fsp3) is 0.438. The van der Waals surface area contributed by atoms with Crippen LogP contribution in [0.2, 0.25) is 0 Å². The molecular formula is C16H20N4O3. The van der Waals surface area contributed by atoms with E-state index in [2.05, 4.69) is 17.0 Å². The summed E-state index contributed by atoms with van der Waals surface area (Å²) in [6.07, 6.45) is 6.29. The van der Waals surface area contributed by atoms with Crippen LogP contribution < -0.4 is 11.0 Å². The van der Waals surface area contributed by atoms with E-state index in [0.29, 0.717) is 37.5 Å². The Balaban J connectivity index is 1.71. The van der Waals surface area contributed by atoms with E-state index in [9.17, 15) is 9.59 Å². The highest BCUT2D eigenvalue weighted by Crippen LogP contribution is 2.36. The minimum atomic E-state index is -0.153. The molecule has 122 valence electrons. The molecule has 0 bridgehead atoms. The zero-order chi connectivity index (χ0) is 16.2. The molecular weight excluding hydrogens is 296 g/mol. The number of hydrogen-bond acceptors (Lipinski definition) is 4. The van der Waals surface area contributed by atoms with Crippen molar-refractivity contribution in [3.8, 4) is 11.6 Å². The summed E-state index contributed by atoms with van der Waals surface area (Å²) in [6, 6.07) is 3.77. The fourth-order valence-electron chi connectivity index (χ4n) is 2.42. The number of hydrogen-bond donors (Lipinski definition) is 1. The largest absolute Gasteiger partial charge is 0.461 e. The first kappa shape index (κ1) is 15.3. The van der Waals surface area contributed by atoms with Crippen molar-refractivity contribution in [3.05, 3.63) is 41.5 Å². The molecule has 7 nitrogen and oxygen atoms in total. The predicted octanol–water partition coefficient (Wildman–Crippen LogP) is 1.72. The van der Waals surface area contributed by atoms with E-state index in [1.165, 1.54) is 4.68 Å². The van der Waals surface area contributed by atoms with Crippen molar-refractivity contribution in [2.75, 3.05) is 6.54 Å². The molecule has 1 aliphatic carbocycles. The first-order valence-corrected chi connectivity index (χ1v) is 7.81. The lowest BCUT2D eigenvalue weighted by molar-refractivity contribution is -0.121. The highest BCUT2D eigenvalue weighted by Gasteiger charge is 2.31. The highest BCUT2D eigenvalue weighted by atomic mass is 16.3. The maximum atomic E-state index is 12.5. The second kappa shape index (κ2) is 6.68. The molecule has 0 radical (unpaired) electrons. The predicted molar refractivity (Wildman–Crippen MR) is 84.9 cm³/mol.